The lowest BCUT2D eigenvalue weighted by molar-refractivity contribution is -0.118. The van der Waals surface area contributed by atoms with E-state index in [-0.39, 0.29) is 11.2 Å². The normalized spacial score (nSPS) is 12.2. The number of nitrogens with one attached hydrogen (secondary N) is 3. The van der Waals surface area contributed by atoms with Gasteiger partial charge in [-0.1, -0.05) is 13.3 Å². The van der Waals surface area contributed by atoms with Crippen LogP contribution < -0.4 is 16.4 Å². The predicted molar refractivity (Wildman–Crippen MR) is 65.6 cm³/mol. The maximum absolute atomic E-state index is 11.7. The van der Waals surface area contributed by atoms with Crippen LogP contribution in [0.5, 0.6) is 0 Å². The molecule has 1 heterocycles. The number of hydrogen-bond donors (Lipinski definition) is 3. The van der Waals surface area contributed by atoms with Crippen LogP contribution in [0.3, 0.4) is 0 Å². The number of hydrogen-bond acceptors (Lipinski definition) is 4. The van der Waals surface area contributed by atoms with Gasteiger partial charge in [-0.05, 0) is 25.0 Å². The van der Waals surface area contributed by atoms with E-state index >= 15 is 0 Å². The van der Waals surface area contributed by atoms with Gasteiger partial charge < -0.3 is 21.0 Å². The molecule has 0 aliphatic carbocycles. The van der Waals surface area contributed by atoms with E-state index < -0.39 is 11.9 Å². The summed E-state index contributed by atoms with van der Waals surface area (Å²) in [6.45, 7) is 3.66. The summed E-state index contributed by atoms with van der Waals surface area (Å²) in [5.74, 6) is -0.488. The van der Waals surface area contributed by atoms with Crippen molar-refractivity contribution in [1.82, 2.24) is 10.5 Å². The maximum Gasteiger partial charge on any atom is 0.271 e. The minimum atomic E-state index is -0.820. The van der Waals surface area contributed by atoms with E-state index in [0.29, 0.717) is 12.8 Å². The lowest BCUT2D eigenvalue weighted by Gasteiger charge is -2.20. The Labute approximate surface area is 99.0 Å². The highest BCUT2D eigenvalue weighted by atomic mass is 16.5. The fraction of sp³-hybridized carbons (Fsp3) is 0.455. The van der Waals surface area contributed by atoms with E-state index in [2.05, 4.69) is 10.3 Å². The molecule has 1 aromatic rings. The number of amides is 1. The molecule has 6 heteroatoms. The smallest absolute Gasteiger partial charge is 0.271 e. The van der Waals surface area contributed by atoms with Crippen molar-refractivity contribution in [2.45, 2.75) is 32.7 Å². The van der Waals surface area contributed by atoms with Gasteiger partial charge in [-0.2, -0.15) is 0 Å². The average molecular weight is 238 g/mol. The van der Waals surface area contributed by atoms with Crippen molar-refractivity contribution in [3.8, 4) is 0 Å². The van der Waals surface area contributed by atoms with Gasteiger partial charge in [-0.25, -0.2) is 0 Å². The van der Waals surface area contributed by atoms with Gasteiger partial charge in [-0.15, -0.1) is 0 Å². The highest BCUT2D eigenvalue weighted by Gasteiger charge is 2.14. The molecular weight excluding hydrogens is 222 g/mol. The first-order chi connectivity index (χ1) is 8.08. The summed E-state index contributed by atoms with van der Waals surface area (Å²) in [5.41, 5.74) is 2.28. The zero-order valence-corrected chi connectivity index (χ0v) is 9.87. The third-order valence-electron chi connectivity index (χ3n) is 2.34. The highest BCUT2D eigenvalue weighted by molar-refractivity contribution is 5.94. The number of anilines is 1. The van der Waals surface area contributed by atoms with E-state index in [1.54, 1.807) is 24.7 Å². The van der Waals surface area contributed by atoms with E-state index in [1.807, 2.05) is 6.92 Å². The molecular formula is C11H16N3O3-. The Hall–Kier alpha value is -1.66. The summed E-state index contributed by atoms with van der Waals surface area (Å²) >= 11 is 0. The van der Waals surface area contributed by atoms with E-state index in [0.717, 1.165) is 5.56 Å². The Morgan fingerprint density at radius 3 is 2.88 bits per heavy atom. The number of aromatic nitrogens is 1. The molecule has 17 heavy (non-hydrogen) atoms. The van der Waals surface area contributed by atoms with Crippen molar-refractivity contribution in [2.24, 2.45) is 0 Å². The summed E-state index contributed by atoms with van der Waals surface area (Å²) in [6.07, 6.45) is 2.68. The quantitative estimate of drug-likeness (QED) is 0.663. The zero-order valence-electron chi connectivity index (χ0n) is 9.87. The molecule has 94 valence electrons. The molecule has 1 amide bonds. The van der Waals surface area contributed by atoms with Gasteiger partial charge in [-0.3, -0.25) is 9.59 Å². The first-order valence-electron chi connectivity index (χ1n) is 5.46. The molecule has 0 bridgehead atoms. The Balaban J connectivity index is 2.79. The van der Waals surface area contributed by atoms with Crippen molar-refractivity contribution >= 4 is 11.6 Å². The first-order valence-corrected chi connectivity index (χ1v) is 5.46. The van der Waals surface area contributed by atoms with Gasteiger partial charge in [0.05, 0.1) is 6.04 Å². The Bertz CT molecular complexity index is 442. The summed E-state index contributed by atoms with van der Waals surface area (Å²) < 4.78 is 0. The summed E-state index contributed by atoms with van der Waals surface area (Å²) in [6, 6.07) is 0.741. The number of pyridine rings is 1. The Kier molecular flexibility index (Phi) is 4.86. The van der Waals surface area contributed by atoms with Gasteiger partial charge in [0.2, 0.25) is 5.91 Å². The van der Waals surface area contributed by atoms with Crippen LogP contribution in [0.25, 0.3) is 0 Å². The zero-order chi connectivity index (χ0) is 12.8. The molecule has 0 aromatic carbocycles. The van der Waals surface area contributed by atoms with Crippen LogP contribution in [-0.2, 0) is 4.79 Å². The fourth-order valence-corrected chi connectivity index (χ4v) is 1.44. The van der Waals surface area contributed by atoms with Crippen LogP contribution in [0.1, 0.15) is 25.3 Å². The molecule has 0 aliphatic rings. The van der Waals surface area contributed by atoms with Crippen molar-refractivity contribution in [2.75, 3.05) is 5.32 Å². The molecule has 0 saturated carbocycles. The Morgan fingerprint density at radius 2 is 2.29 bits per heavy atom. The minimum absolute atomic E-state index is 0.159. The first kappa shape index (κ1) is 13.4. The minimum Gasteiger partial charge on any atom is -0.787 e. The third-order valence-corrected chi connectivity index (χ3v) is 2.34. The molecule has 0 radical (unpaired) electrons. The molecule has 3 N–H and O–H groups in total. The summed E-state index contributed by atoms with van der Waals surface area (Å²) in [5, 5.41) is 13.0. The lowest BCUT2D eigenvalue weighted by atomic mass is 10.1. The van der Waals surface area contributed by atoms with E-state index in [1.165, 1.54) is 0 Å². The fourth-order valence-electron chi connectivity index (χ4n) is 1.44. The van der Waals surface area contributed by atoms with Crippen molar-refractivity contribution in [3.05, 3.63) is 33.4 Å². The molecule has 0 fully saturated rings. The number of aryl methyl sites for hydroxylation is 1. The van der Waals surface area contributed by atoms with Gasteiger partial charge >= 0.3 is 0 Å². The van der Waals surface area contributed by atoms with Gasteiger partial charge in [0.25, 0.3) is 5.56 Å². The molecule has 0 aliphatic heterocycles. The second-order valence-corrected chi connectivity index (χ2v) is 3.87. The van der Waals surface area contributed by atoms with Crippen LogP contribution in [0, 0.1) is 12.1 Å². The van der Waals surface area contributed by atoms with Crippen molar-refractivity contribution < 1.29 is 4.79 Å². The van der Waals surface area contributed by atoms with Crippen molar-refractivity contribution in [1.29, 1.82) is 0 Å². The number of carbonyl (C=O) groups excluding carboxylic acids is 1. The van der Waals surface area contributed by atoms with Gasteiger partial charge in [0.15, 0.2) is 0 Å². The van der Waals surface area contributed by atoms with Gasteiger partial charge in [0.1, 0.15) is 5.69 Å². The second-order valence-electron chi connectivity index (χ2n) is 3.87. The maximum atomic E-state index is 11.7. The molecule has 0 saturated heterocycles. The largest absolute Gasteiger partial charge is 0.787 e. The lowest BCUT2D eigenvalue weighted by Crippen LogP contribution is -2.38. The van der Waals surface area contributed by atoms with Crippen LogP contribution in [-0.4, -0.2) is 16.9 Å². The number of hydroxylamine groups is 1. The second kappa shape index (κ2) is 6.17. The van der Waals surface area contributed by atoms with Crippen LogP contribution in [0.4, 0.5) is 5.69 Å². The monoisotopic (exact) mass is 238 g/mol. The molecule has 1 atom stereocenters. The predicted octanol–water partition coefficient (Wildman–Crippen LogP) is 0.878. The highest BCUT2D eigenvalue weighted by Crippen LogP contribution is 2.04. The standard InChI is InChI=1S/C11H16N3O3/c1-3-4-8(14-17)11(16)13-9-5-7(2)6-12-10(9)15/h5-6,8,14H,3-4H2,1-2H3,(H,12,15)(H,13,16)/q-1. The number of carbonyl (C=O) groups is 1. The molecule has 1 unspecified atom stereocenters. The average Bonchev–Trinajstić information content (AvgIpc) is 2.30. The SMILES string of the molecule is CCCC(N[O-])C(=O)Nc1cc(C)c[nH]c1=O. The van der Waals surface area contributed by atoms with E-state index in [4.69, 9.17) is 0 Å². The van der Waals surface area contributed by atoms with Crippen LogP contribution in [0.2, 0.25) is 0 Å². The van der Waals surface area contributed by atoms with Crippen molar-refractivity contribution in [3.63, 3.8) is 0 Å². The molecule has 6 nitrogen and oxygen atoms in total. The third kappa shape index (κ3) is 3.69. The summed E-state index contributed by atoms with van der Waals surface area (Å²) in [7, 11) is 0. The van der Waals surface area contributed by atoms with E-state index in [9.17, 15) is 14.8 Å². The molecule has 1 aromatic heterocycles. The van der Waals surface area contributed by atoms with Crippen LogP contribution in [0.15, 0.2) is 17.1 Å². The molecule has 1 rings (SSSR count). The molecule has 0 spiro atoms. The number of aromatic amines is 1. The number of rotatable bonds is 5. The topological polar surface area (TPSA) is 97.0 Å². The van der Waals surface area contributed by atoms with Crippen LogP contribution >= 0.6 is 0 Å². The Morgan fingerprint density at radius 1 is 1.59 bits per heavy atom. The summed E-state index contributed by atoms with van der Waals surface area (Å²) in [4.78, 5) is 25.6. The van der Waals surface area contributed by atoms with Gasteiger partial charge in [0, 0.05) is 6.20 Å². The number of H-pyrrole nitrogens is 1.